The summed E-state index contributed by atoms with van der Waals surface area (Å²) in [7, 11) is -3.05. The Morgan fingerprint density at radius 3 is 2.49 bits per heavy atom. The second-order valence-corrected chi connectivity index (χ2v) is 11.1. The molecule has 1 saturated heterocycles. The molecule has 0 radical (unpaired) electrons. The number of nitro benzene ring substituents is 1. The fourth-order valence-electron chi connectivity index (χ4n) is 3.50. The van der Waals surface area contributed by atoms with E-state index in [1.54, 1.807) is 12.1 Å². The molecule has 1 aliphatic rings. The van der Waals surface area contributed by atoms with E-state index >= 15 is 0 Å². The number of nitro groups is 1. The van der Waals surface area contributed by atoms with Gasteiger partial charge in [-0.3, -0.25) is 19.8 Å². The van der Waals surface area contributed by atoms with Gasteiger partial charge in [0.2, 0.25) is 0 Å². The van der Waals surface area contributed by atoms with E-state index in [0.29, 0.717) is 26.9 Å². The normalized spacial score (nSPS) is 14.8. The lowest BCUT2D eigenvalue weighted by atomic mass is 10.1. The number of thioether (sulfide) groups is 1. The van der Waals surface area contributed by atoms with Gasteiger partial charge in [-0.25, -0.2) is 0 Å². The molecule has 3 aromatic carbocycles. The molecule has 1 heterocycles. The molecule has 0 aromatic heterocycles. The Hall–Kier alpha value is -3.74. The van der Waals surface area contributed by atoms with E-state index in [2.05, 4.69) is 0 Å². The predicted molar refractivity (Wildman–Crippen MR) is 144 cm³/mol. The first kappa shape index (κ1) is 26.3. The van der Waals surface area contributed by atoms with Gasteiger partial charge in [0, 0.05) is 11.6 Å². The van der Waals surface area contributed by atoms with E-state index in [-0.39, 0.29) is 28.0 Å². The number of carbonyl (C=O) groups is 1. The summed E-state index contributed by atoms with van der Waals surface area (Å²) in [5.74, 6) is -0.250. The zero-order valence-electron chi connectivity index (χ0n) is 19.6. The average molecular weight is 557 g/mol. The van der Waals surface area contributed by atoms with Crippen molar-refractivity contribution in [2.45, 2.75) is 18.4 Å². The van der Waals surface area contributed by atoms with Gasteiger partial charge in [0.05, 0.1) is 23.5 Å². The molecule has 9 nitrogen and oxygen atoms in total. The van der Waals surface area contributed by atoms with Gasteiger partial charge in [-0.1, -0.05) is 66.4 Å². The molecule has 0 saturated carbocycles. The second-order valence-electron chi connectivity index (χ2n) is 7.91. The largest absolute Gasteiger partial charge is 0.493 e. The highest BCUT2D eigenvalue weighted by Gasteiger charge is 2.32. The van der Waals surface area contributed by atoms with E-state index < -0.39 is 15.0 Å². The minimum atomic E-state index is -4.39. The molecule has 190 valence electrons. The number of carbonyl (C=O) groups excluding carboxylic acids is 1. The molecule has 12 heteroatoms. The molecule has 0 aliphatic carbocycles. The summed E-state index contributed by atoms with van der Waals surface area (Å²) >= 11 is 6.56. The van der Waals surface area contributed by atoms with E-state index in [1.807, 2.05) is 30.3 Å². The molecule has 0 unspecified atom stereocenters. The zero-order chi connectivity index (χ0) is 26.7. The smallest absolute Gasteiger partial charge is 0.339 e. The number of amides is 1. The summed E-state index contributed by atoms with van der Waals surface area (Å²) in [6.07, 6.45) is 1.63. The Morgan fingerprint density at radius 1 is 1.08 bits per heavy atom. The Bertz CT molecular complexity index is 1540. The van der Waals surface area contributed by atoms with Crippen LogP contribution < -0.4 is 8.92 Å². The summed E-state index contributed by atoms with van der Waals surface area (Å²) in [4.78, 5) is 25.1. The second kappa shape index (κ2) is 10.7. The van der Waals surface area contributed by atoms with Crippen molar-refractivity contribution < 1.29 is 27.1 Å². The first-order valence-corrected chi connectivity index (χ1v) is 13.4. The van der Waals surface area contributed by atoms with Gasteiger partial charge in [0.25, 0.3) is 11.6 Å². The van der Waals surface area contributed by atoms with E-state index in [0.717, 1.165) is 11.6 Å². The Kier molecular flexibility index (Phi) is 7.62. The van der Waals surface area contributed by atoms with Crippen molar-refractivity contribution in [2.24, 2.45) is 0 Å². The van der Waals surface area contributed by atoms with Crippen LogP contribution in [-0.2, 0) is 21.5 Å². The molecule has 37 heavy (non-hydrogen) atoms. The van der Waals surface area contributed by atoms with Crippen LogP contribution in [0, 0.1) is 17.0 Å². The fourth-order valence-corrected chi connectivity index (χ4v) is 5.72. The number of thiocarbonyl (C=S) groups is 1. The summed E-state index contributed by atoms with van der Waals surface area (Å²) < 4.78 is 36.6. The van der Waals surface area contributed by atoms with Crippen LogP contribution in [0.25, 0.3) is 6.08 Å². The quantitative estimate of drug-likeness (QED) is 0.123. The number of benzene rings is 3. The molecule has 1 aliphatic heterocycles. The minimum absolute atomic E-state index is 0.0960. The van der Waals surface area contributed by atoms with Crippen molar-refractivity contribution in [3.63, 3.8) is 0 Å². The first-order valence-electron chi connectivity index (χ1n) is 10.8. The van der Waals surface area contributed by atoms with Crippen LogP contribution in [0.3, 0.4) is 0 Å². The van der Waals surface area contributed by atoms with Gasteiger partial charge in [0.15, 0.2) is 11.5 Å². The Morgan fingerprint density at radius 2 is 1.81 bits per heavy atom. The van der Waals surface area contributed by atoms with Crippen molar-refractivity contribution in [3.8, 4) is 11.5 Å². The maximum absolute atomic E-state index is 13.0. The highest BCUT2D eigenvalue weighted by Crippen LogP contribution is 2.36. The van der Waals surface area contributed by atoms with Crippen molar-refractivity contribution in [3.05, 3.63) is 98.4 Å². The highest BCUT2D eigenvalue weighted by atomic mass is 32.2. The number of methoxy groups -OCH3 is 1. The van der Waals surface area contributed by atoms with Crippen molar-refractivity contribution in [1.82, 2.24) is 4.90 Å². The van der Waals surface area contributed by atoms with Gasteiger partial charge >= 0.3 is 10.1 Å². The highest BCUT2D eigenvalue weighted by molar-refractivity contribution is 8.26. The van der Waals surface area contributed by atoms with Crippen molar-refractivity contribution in [1.29, 1.82) is 0 Å². The monoisotopic (exact) mass is 556 g/mol. The Balaban J connectivity index is 1.57. The number of ether oxygens (including phenoxy) is 1. The summed E-state index contributed by atoms with van der Waals surface area (Å²) in [6, 6.07) is 17.5. The topological polar surface area (TPSA) is 116 Å². The number of aryl methyl sites for hydroxylation is 1. The lowest BCUT2D eigenvalue weighted by molar-refractivity contribution is -0.385. The van der Waals surface area contributed by atoms with Gasteiger partial charge < -0.3 is 8.92 Å². The lowest BCUT2D eigenvalue weighted by Crippen LogP contribution is -2.27. The summed E-state index contributed by atoms with van der Waals surface area (Å²) in [6.45, 7) is 1.86. The van der Waals surface area contributed by atoms with E-state index in [9.17, 15) is 23.3 Å². The molecule has 0 atom stereocenters. The predicted octanol–water partition coefficient (Wildman–Crippen LogP) is 5.08. The molecule has 1 fully saturated rings. The molecule has 0 N–H and O–H groups in total. The Labute approximate surface area is 223 Å². The lowest BCUT2D eigenvalue weighted by Gasteiger charge is -2.14. The molecule has 0 spiro atoms. The average Bonchev–Trinajstić information content (AvgIpc) is 3.12. The number of hydrogen-bond acceptors (Lipinski definition) is 9. The summed E-state index contributed by atoms with van der Waals surface area (Å²) in [5.41, 5.74) is 1.49. The zero-order valence-corrected chi connectivity index (χ0v) is 22.1. The maximum Gasteiger partial charge on any atom is 0.339 e. The van der Waals surface area contributed by atoms with Gasteiger partial charge in [-0.05, 0) is 42.3 Å². The van der Waals surface area contributed by atoms with Gasteiger partial charge in [0.1, 0.15) is 9.22 Å². The third-order valence-corrected chi connectivity index (χ3v) is 8.02. The number of hydrogen-bond donors (Lipinski definition) is 0. The standard InChI is InChI=1S/C25H20N2O7S3/c1-16-8-10-19(14-20(16)27(29)30)37(31,32)34-21-11-9-18(12-22(21)33-2)13-23-24(28)26(25(35)36-23)15-17-6-4-3-5-7-17/h3-14H,15H2,1-2H3/b23-13+. The first-order chi connectivity index (χ1) is 17.6. The van der Waals surface area contributed by atoms with E-state index in [1.165, 1.54) is 55.0 Å². The van der Waals surface area contributed by atoms with Crippen LogP contribution in [0.1, 0.15) is 16.7 Å². The molecule has 0 bridgehead atoms. The number of nitrogens with zero attached hydrogens (tertiary/aromatic N) is 2. The summed E-state index contributed by atoms with van der Waals surface area (Å²) in [5, 5.41) is 11.2. The molecular weight excluding hydrogens is 536 g/mol. The third kappa shape index (κ3) is 5.82. The van der Waals surface area contributed by atoms with Crippen LogP contribution in [-0.4, -0.2) is 35.6 Å². The van der Waals surface area contributed by atoms with Crippen LogP contribution in [0.15, 0.2) is 76.5 Å². The molecular formula is C25H20N2O7S3. The van der Waals surface area contributed by atoms with Crippen LogP contribution in [0.4, 0.5) is 5.69 Å². The minimum Gasteiger partial charge on any atom is -0.493 e. The molecule has 1 amide bonds. The molecule has 3 aromatic rings. The maximum atomic E-state index is 13.0. The van der Waals surface area contributed by atoms with Crippen molar-refractivity contribution in [2.75, 3.05) is 7.11 Å². The SMILES string of the molecule is COc1cc(/C=C2/SC(=S)N(Cc3ccccc3)C2=O)ccc1OS(=O)(=O)c1ccc(C)c([N+](=O)[O-])c1. The number of rotatable bonds is 8. The molecule has 4 rings (SSSR count). The third-order valence-electron chi connectivity index (χ3n) is 5.41. The van der Waals surface area contributed by atoms with Crippen LogP contribution in [0.2, 0.25) is 0 Å². The fraction of sp³-hybridized carbons (Fsp3) is 0.120. The van der Waals surface area contributed by atoms with Crippen LogP contribution >= 0.6 is 24.0 Å². The van der Waals surface area contributed by atoms with E-state index in [4.69, 9.17) is 21.1 Å². The van der Waals surface area contributed by atoms with Gasteiger partial charge in [-0.2, -0.15) is 8.42 Å². The van der Waals surface area contributed by atoms with Gasteiger partial charge in [-0.15, -0.1) is 0 Å². The van der Waals surface area contributed by atoms with Crippen molar-refractivity contribution >= 4 is 56.1 Å². The van der Waals surface area contributed by atoms with Crippen LogP contribution in [0.5, 0.6) is 11.5 Å².